The third kappa shape index (κ3) is 7.25. The van der Waals surface area contributed by atoms with Crippen LogP contribution in [-0.2, 0) is 20.9 Å². The number of amides is 3. The molecule has 3 amide bonds. The Bertz CT molecular complexity index is 1210. The largest absolute Gasteiger partial charge is 0.486 e. The van der Waals surface area contributed by atoms with Crippen LogP contribution in [0.15, 0.2) is 42.5 Å². The molecule has 1 heterocycles. The summed E-state index contributed by atoms with van der Waals surface area (Å²) in [6, 6.07) is 10.7. The van der Waals surface area contributed by atoms with Crippen LogP contribution >= 0.6 is 0 Å². The van der Waals surface area contributed by atoms with Gasteiger partial charge >= 0.3 is 6.09 Å². The topological polar surface area (TPSA) is 79.4 Å². The fraction of sp³-hybridized carbons (Fsp3) is 0.483. The lowest BCUT2D eigenvalue weighted by Gasteiger charge is -2.35. The third-order valence-corrected chi connectivity index (χ3v) is 6.83. The Morgan fingerprint density at radius 3 is 2.26 bits per heavy atom. The van der Waals surface area contributed by atoms with Gasteiger partial charge in [-0.3, -0.25) is 14.5 Å². The lowest BCUT2D eigenvalue weighted by atomic mass is 10.1. The van der Waals surface area contributed by atoms with Gasteiger partial charge in [-0.15, -0.1) is 0 Å². The molecule has 0 aromatic heterocycles. The van der Waals surface area contributed by atoms with Crippen molar-refractivity contribution >= 4 is 17.9 Å². The second-order valence-corrected chi connectivity index (χ2v) is 11.0. The summed E-state index contributed by atoms with van der Waals surface area (Å²) in [5, 5.41) is 0. The highest BCUT2D eigenvalue weighted by atomic mass is 19.1. The number of rotatable bonds is 7. The molecule has 2 aromatic rings. The number of benzene rings is 2. The minimum absolute atomic E-state index is 0.0501. The Balaban J connectivity index is 1.52. The van der Waals surface area contributed by atoms with Crippen LogP contribution in [0.3, 0.4) is 0 Å². The molecule has 210 valence electrons. The predicted octanol–water partition coefficient (Wildman–Crippen LogP) is 4.33. The highest BCUT2D eigenvalue weighted by molar-refractivity contribution is 5.83. The molecule has 2 fully saturated rings. The molecule has 4 rings (SSSR count). The standard InChI is InChI=1S/C29H35F2N3O5/c1-19(35)32-10-12-33(13-11-32)26(36)17-34(28(37)39-29(2,3)4)25-16-22(25)23-14-21(30)15-24(31)27(23)38-18-20-8-6-5-7-9-20/h5-9,14-15,22,25H,10-13,16-18H2,1-4H3/t22-,25+/m0/s1. The fourth-order valence-electron chi connectivity index (χ4n) is 4.75. The minimum atomic E-state index is -0.824. The van der Waals surface area contributed by atoms with Crippen LogP contribution in [0, 0.1) is 11.6 Å². The summed E-state index contributed by atoms with van der Waals surface area (Å²) in [7, 11) is 0. The number of halogens is 2. The third-order valence-electron chi connectivity index (χ3n) is 6.83. The molecular weight excluding hydrogens is 508 g/mol. The number of carbonyl (C=O) groups is 3. The maximum absolute atomic E-state index is 14.9. The van der Waals surface area contributed by atoms with Gasteiger partial charge < -0.3 is 19.3 Å². The molecule has 1 aliphatic carbocycles. The van der Waals surface area contributed by atoms with E-state index >= 15 is 0 Å². The van der Waals surface area contributed by atoms with Gasteiger partial charge in [-0.05, 0) is 38.8 Å². The number of ether oxygens (including phenoxy) is 2. The van der Waals surface area contributed by atoms with Crippen molar-refractivity contribution in [2.75, 3.05) is 32.7 Å². The molecule has 1 saturated carbocycles. The van der Waals surface area contributed by atoms with Crippen molar-refractivity contribution in [3.63, 3.8) is 0 Å². The first kappa shape index (κ1) is 28.3. The molecule has 1 aliphatic heterocycles. The number of nitrogens with zero attached hydrogens (tertiary/aromatic N) is 3. The van der Waals surface area contributed by atoms with Crippen molar-refractivity contribution in [3.05, 3.63) is 65.2 Å². The van der Waals surface area contributed by atoms with E-state index in [1.54, 1.807) is 30.6 Å². The molecular formula is C29H35F2N3O5. The van der Waals surface area contributed by atoms with Crippen LogP contribution in [0.1, 0.15) is 51.2 Å². The molecule has 0 radical (unpaired) electrons. The molecule has 2 atom stereocenters. The number of carbonyl (C=O) groups excluding carboxylic acids is 3. The summed E-state index contributed by atoms with van der Waals surface area (Å²) in [5.41, 5.74) is 0.333. The van der Waals surface area contributed by atoms with Crippen LogP contribution in [0.4, 0.5) is 13.6 Å². The van der Waals surface area contributed by atoms with Crippen molar-refractivity contribution < 1.29 is 32.6 Å². The van der Waals surface area contributed by atoms with Crippen molar-refractivity contribution in [2.24, 2.45) is 0 Å². The van der Waals surface area contributed by atoms with E-state index in [9.17, 15) is 23.2 Å². The van der Waals surface area contributed by atoms with E-state index in [0.717, 1.165) is 11.6 Å². The second kappa shape index (κ2) is 11.6. The molecule has 39 heavy (non-hydrogen) atoms. The maximum atomic E-state index is 14.9. The van der Waals surface area contributed by atoms with Crippen LogP contribution < -0.4 is 4.74 Å². The summed E-state index contributed by atoms with van der Waals surface area (Å²) < 4.78 is 40.6. The van der Waals surface area contributed by atoms with E-state index in [2.05, 4.69) is 0 Å². The van der Waals surface area contributed by atoms with Crippen molar-refractivity contribution in [2.45, 2.75) is 58.3 Å². The Kier molecular flexibility index (Phi) is 8.42. The van der Waals surface area contributed by atoms with Crippen molar-refractivity contribution in [3.8, 4) is 5.75 Å². The van der Waals surface area contributed by atoms with E-state index in [1.165, 1.54) is 17.9 Å². The number of hydrogen-bond acceptors (Lipinski definition) is 5. The lowest BCUT2D eigenvalue weighted by molar-refractivity contribution is -0.139. The molecule has 2 aromatic carbocycles. The molecule has 1 saturated heterocycles. The summed E-state index contributed by atoms with van der Waals surface area (Å²) in [4.78, 5) is 42.7. The molecule has 0 spiro atoms. The van der Waals surface area contributed by atoms with Crippen molar-refractivity contribution in [1.82, 2.24) is 14.7 Å². The first-order chi connectivity index (χ1) is 18.4. The van der Waals surface area contributed by atoms with E-state index in [0.29, 0.717) is 38.2 Å². The van der Waals surface area contributed by atoms with Crippen LogP contribution in [-0.4, -0.2) is 77.0 Å². The Morgan fingerprint density at radius 1 is 1.00 bits per heavy atom. The van der Waals surface area contributed by atoms with Crippen LogP contribution in [0.5, 0.6) is 5.75 Å². The quantitative estimate of drug-likeness (QED) is 0.520. The van der Waals surface area contributed by atoms with Crippen LogP contribution in [0.25, 0.3) is 0 Å². The zero-order valence-electron chi connectivity index (χ0n) is 22.8. The summed E-state index contributed by atoms with van der Waals surface area (Å²) in [5.74, 6) is -2.40. The van der Waals surface area contributed by atoms with Gasteiger partial charge in [0, 0.05) is 56.7 Å². The maximum Gasteiger partial charge on any atom is 0.411 e. The lowest BCUT2D eigenvalue weighted by Crippen LogP contribution is -2.53. The highest BCUT2D eigenvalue weighted by Crippen LogP contribution is 2.49. The Morgan fingerprint density at radius 2 is 1.64 bits per heavy atom. The molecule has 0 unspecified atom stereocenters. The zero-order chi connectivity index (χ0) is 28.3. The summed E-state index contributed by atoms with van der Waals surface area (Å²) in [6.07, 6.45) is -0.274. The number of piperazine rings is 1. The predicted molar refractivity (Wildman–Crippen MR) is 140 cm³/mol. The second-order valence-electron chi connectivity index (χ2n) is 11.0. The van der Waals surface area contributed by atoms with E-state index in [4.69, 9.17) is 9.47 Å². The first-order valence-corrected chi connectivity index (χ1v) is 13.1. The van der Waals surface area contributed by atoms with Crippen molar-refractivity contribution in [1.29, 1.82) is 0 Å². The van der Waals surface area contributed by atoms with Gasteiger partial charge in [0.25, 0.3) is 0 Å². The number of hydrogen-bond donors (Lipinski definition) is 0. The normalized spacial score (nSPS) is 18.9. The molecule has 0 N–H and O–H groups in total. The summed E-state index contributed by atoms with van der Waals surface area (Å²) in [6.45, 7) is 8.09. The zero-order valence-corrected chi connectivity index (χ0v) is 22.8. The molecule has 0 bridgehead atoms. The van der Waals surface area contributed by atoms with E-state index in [-0.39, 0.29) is 30.7 Å². The average Bonchev–Trinajstić information content (AvgIpc) is 3.66. The summed E-state index contributed by atoms with van der Waals surface area (Å²) >= 11 is 0. The fourth-order valence-corrected chi connectivity index (χ4v) is 4.75. The molecule has 8 nitrogen and oxygen atoms in total. The van der Waals surface area contributed by atoms with Gasteiger partial charge in [-0.2, -0.15) is 0 Å². The monoisotopic (exact) mass is 543 g/mol. The Labute approximate surface area is 227 Å². The van der Waals surface area contributed by atoms with Gasteiger partial charge in [0.1, 0.15) is 24.6 Å². The smallest absolute Gasteiger partial charge is 0.411 e. The van der Waals surface area contributed by atoms with Gasteiger partial charge in [-0.1, -0.05) is 30.3 Å². The molecule has 2 aliphatic rings. The van der Waals surface area contributed by atoms with Gasteiger partial charge in [0.15, 0.2) is 11.6 Å². The van der Waals surface area contributed by atoms with Crippen LogP contribution in [0.2, 0.25) is 0 Å². The SMILES string of the molecule is CC(=O)N1CCN(C(=O)CN(C(=O)OC(C)(C)C)[C@@H]2C[C@H]2c2cc(F)cc(F)c2OCc2ccccc2)CC1. The van der Waals surface area contributed by atoms with E-state index < -0.39 is 35.3 Å². The van der Waals surface area contributed by atoms with Gasteiger partial charge in [0.2, 0.25) is 11.8 Å². The highest BCUT2D eigenvalue weighted by Gasteiger charge is 2.49. The van der Waals surface area contributed by atoms with Gasteiger partial charge in [-0.25, -0.2) is 13.6 Å². The van der Waals surface area contributed by atoms with E-state index in [1.807, 2.05) is 30.3 Å². The Hall–Kier alpha value is -3.69. The first-order valence-electron chi connectivity index (χ1n) is 13.1. The minimum Gasteiger partial charge on any atom is -0.486 e. The van der Waals surface area contributed by atoms with Gasteiger partial charge in [0.05, 0.1) is 0 Å². The average molecular weight is 544 g/mol. The molecule has 10 heteroatoms.